The molecular formula is C15H20N2O3S2. The predicted octanol–water partition coefficient (Wildman–Crippen LogP) is 3.63. The molecule has 120 valence electrons. The second kappa shape index (κ2) is 6.14. The highest BCUT2D eigenvalue weighted by Gasteiger charge is 2.30. The summed E-state index contributed by atoms with van der Waals surface area (Å²) >= 11 is 1.48. The fourth-order valence-electron chi connectivity index (χ4n) is 3.12. The van der Waals surface area contributed by atoms with Crippen molar-refractivity contribution in [3.63, 3.8) is 0 Å². The highest BCUT2D eigenvalue weighted by Crippen LogP contribution is 2.39. The van der Waals surface area contributed by atoms with Crippen molar-refractivity contribution in [3.05, 3.63) is 22.0 Å². The van der Waals surface area contributed by atoms with Crippen LogP contribution in [0.3, 0.4) is 0 Å². The Labute approximate surface area is 134 Å². The van der Waals surface area contributed by atoms with E-state index >= 15 is 0 Å². The Kier molecular flexibility index (Phi) is 4.38. The van der Waals surface area contributed by atoms with Gasteiger partial charge >= 0.3 is 0 Å². The second-order valence-corrected chi connectivity index (χ2v) is 8.83. The molecule has 1 aliphatic rings. The van der Waals surface area contributed by atoms with Crippen LogP contribution in [-0.4, -0.2) is 19.6 Å². The lowest BCUT2D eigenvalue weighted by Crippen LogP contribution is -2.36. The average Bonchev–Trinajstić information content (AvgIpc) is 3.06. The normalized spacial score (nSPS) is 17.0. The molecule has 0 saturated heterocycles. The molecule has 2 aromatic rings. The van der Waals surface area contributed by atoms with Gasteiger partial charge in [0, 0.05) is 21.9 Å². The van der Waals surface area contributed by atoms with E-state index in [9.17, 15) is 8.42 Å². The van der Waals surface area contributed by atoms with Gasteiger partial charge in [0.05, 0.1) is 11.8 Å². The Morgan fingerprint density at radius 1 is 1.23 bits per heavy atom. The minimum Gasteiger partial charge on any atom is -0.356 e. The Morgan fingerprint density at radius 2 is 1.95 bits per heavy atom. The van der Waals surface area contributed by atoms with Crippen molar-refractivity contribution in [1.29, 1.82) is 0 Å². The van der Waals surface area contributed by atoms with E-state index in [0.717, 1.165) is 35.4 Å². The molecule has 1 N–H and O–H groups in total. The lowest BCUT2D eigenvalue weighted by molar-refractivity contribution is 0.411. The number of sulfonamides is 1. The molecule has 0 unspecified atom stereocenters. The largest absolute Gasteiger partial charge is 0.356 e. The summed E-state index contributed by atoms with van der Waals surface area (Å²) in [6.45, 7) is 3.75. The van der Waals surface area contributed by atoms with Gasteiger partial charge in [-0.1, -0.05) is 24.4 Å². The van der Waals surface area contributed by atoms with E-state index < -0.39 is 10.0 Å². The quantitative estimate of drug-likeness (QED) is 0.922. The number of rotatable bonds is 4. The number of hydrogen-bond acceptors (Lipinski definition) is 5. The summed E-state index contributed by atoms with van der Waals surface area (Å²) in [4.78, 5) is 2.06. The fraction of sp³-hybridized carbons (Fsp3) is 0.533. The summed E-state index contributed by atoms with van der Waals surface area (Å²) in [5, 5.41) is 3.70. The number of nitrogens with zero attached hydrogens (tertiary/aromatic N) is 1. The first-order valence-corrected chi connectivity index (χ1v) is 9.82. The monoisotopic (exact) mass is 340 g/mol. The Morgan fingerprint density at radius 3 is 2.59 bits per heavy atom. The number of aromatic nitrogens is 1. The van der Waals surface area contributed by atoms with E-state index in [1.807, 2.05) is 13.8 Å². The van der Waals surface area contributed by atoms with Crippen molar-refractivity contribution in [2.75, 3.05) is 0 Å². The summed E-state index contributed by atoms with van der Waals surface area (Å²) in [6.07, 6.45) is 6.73. The van der Waals surface area contributed by atoms with Crippen LogP contribution in [0.1, 0.15) is 41.9 Å². The molecule has 3 rings (SSSR count). The SMILES string of the molecule is Cc1sc(C)c(S(=O)(=O)NC2CCCCC2)c1-c1ccno1. The molecular weight excluding hydrogens is 320 g/mol. The molecule has 1 fully saturated rings. The highest BCUT2D eigenvalue weighted by molar-refractivity contribution is 7.89. The molecule has 0 radical (unpaired) electrons. The van der Waals surface area contributed by atoms with Gasteiger partial charge in [-0.05, 0) is 26.7 Å². The Hall–Kier alpha value is -1.18. The number of aryl methyl sites for hydroxylation is 2. The first kappa shape index (κ1) is 15.7. The molecule has 0 atom stereocenters. The van der Waals surface area contributed by atoms with Gasteiger partial charge in [-0.15, -0.1) is 11.3 Å². The standard InChI is InChI=1S/C15H20N2O3S2/c1-10-14(13-8-9-16-20-13)15(11(2)21-10)22(18,19)17-12-6-4-3-5-7-12/h8-9,12,17H,3-7H2,1-2H3. The second-order valence-electron chi connectivity index (χ2n) is 5.75. The van der Waals surface area contributed by atoms with Crippen LogP contribution in [0.5, 0.6) is 0 Å². The molecule has 0 amide bonds. The molecule has 0 aromatic carbocycles. The zero-order valence-corrected chi connectivity index (χ0v) is 14.4. The van der Waals surface area contributed by atoms with Gasteiger partial charge in [-0.2, -0.15) is 0 Å². The summed E-state index contributed by atoms with van der Waals surface area (Å²) in [7, 11) is -3.55. The third-order valence-electron chi connectivity index (χ3n) is 4.09. The molecule has 2 heterocycles. The van der Waals surface area contributed by atoms with Crippen LogP contribution in [0.4, 0.5) is 0 Å². The molecule has 0 aliphatic heterocycles. The average molecular weight is 340 g/mol. The van der Waals surface area contributed by atoms with E-state index in [1.54, 1.807) is 6.07 Å². The number of nitrogens with one attached hydrogen (secondary N) is 1. The molecule has 1 aliphatic carbocycles. The van der Waals surface area contributed by atoms with Gasteiger partial charge in [0.25, 0.3) is 0 Å². The lowest BCUT2D eigenvalue weighted by Gasteiger charge is -2.22. The lowest BCUT2D eigenvalue weighted by atomic mass is 9.96. The first-order chi connectivity index (χ1) is 10.5. The van der Waals surface area contributed by atoms with Gasteiger partial charge in [0.1, 0.15) is 4.90 Å². The molecule has 2 aromatic heterocycles. The van der Waals surface area contributed by atoms with Gasteiger partial charge in [-0.25, -0.2) is 13.1 Å². The molecule has 1 saturated carbocycles. The van der Waals surface area contributed by atoms with E-state index in [4.69, 9.17) is 4.52 Å². The molecule has 7 heteroatoms. The number of hydrogen-bond donors (Lipinski definition) is 1. The maximum absolute atomic E-state index is 12.9. The fourth-order valence-corrected chi connectivity index (χ4v) is 6.29. The number of thiophene rings is 1. The summed E-state index contributed by atoms with van der Waals surface area (Å²) < 4.78 is 33.9. The minimum atomic E-state index is -3.55. The van der Waals surface area contributed by atoms with E-state index in [-0.39, 0.29) is 6.04 Å². The highest BCUT2D eigenvalue weighted by atomic mass is 32.2. The van der Waals surface area contributed by atoms with Crippen LogP contribution >= 0.6 is 11.3 Å². The zero-order chi connectivity index (χ0) is 15.7. The van der Waals surface area contributed by atoms with Crippen molar-refractivity contribution in [1.82, 2.24) is 9.88 Å². The van der Waals surface area contributed by atoms with Crippen molar-refractivity contribution >= 4 is 21.4 Å². The molecule has 0 spiro atoms. The van der Waals surface area contributed by atoms with Crippen molar-refractivity contribution in [2.24, 2.45) is 0 Å². The molecule has 22 heavy (non-hydrogen) atoms. The van der Waals surface area contributed by atoms with Gasteiger partial charge in [0.2, 0.25) is 10.0 Å². The van der Waals surface area contributed by atoms with Crippen LogP contribution < -0.4 is 4.72 Å². The topological polar surface area (TPSA) is 72.2 Å². The van der Waals surface area contributed by atoms with Crippen LogP contribution in [-0.2, 0) is 10.0 Å². The van der Waals surface area contributed by atoms with Gasteiger partial charge in [0.15, 0.2) is 5.76 Å². The zero-order valence-electron chi connectivity index (χ0n) is 12.8. The third kappa shape index (κ3) is 2.98. The smallest absolute Gasteiger partial charge is 0.242 e. The van der Waals surface area contributed by atoms with Crippen LogP contribution in [0.25, 0.3) is 11.3 Å². The van der Waals surface area contributed by atoms with Gasteiger partial charge in [-0.3, -0.25) is 0 Å². The van der Waals surface area contributed by atoms with Crippen molar-refractivity contribution in [2.45, 2.75) is 56.9 Å². The van der Waals surface area contributed by atoms with Crippen LogP contribution in [0, 0.1) is 13.8 Å². The van der Waals surface area contributed by atoms with Crippen LogP contribution in [0.2, 0.25) is 0 Å². The van der Waals surface area contributed by atoms with Crippen LogP contribution in [0.15, 0.2) is 21.7 Å². The molecule has 5 nitrogen and oxygen atoms in total. The Balaban J connectivity index is 2.00. The Bertz CT molecular complexity index is 742. The van der Waals surface area contributed by atoms with E-state index in [1.165, 1.54) is 24.0 Å². The summed E-state index contributed by atoms with van der Waals surface area (Å²) in [6, 6.07) is 1.75. The molecule has 0 bridgehead atoms. The first-order valence-electron chi connectivity index (χ1n) is 7.52. The minimum absolute atomic E-state index is 0.0425. The summed E-state index contributed by atoms with van der Waals surface area (Å²) in [5.74, 6) is 0.505. The third-order valence-corrected chi connectivity index (χ3v) is 6.93. The maximum atomic E-state index is 12.9. The van der Waals surface area contributed by atoms with Gasteiger partial charge < -0.3 is 4.52 Å². The maximum Gasteiger partial charge on any atom is 0.242 e. The van der Waals surface area contributed by atoms with E-state index in [0.29, 0.717) is 16.2 Å². The summed E-state index contributed by atoms with van der Waals surface area (Å²) in [5.41, 5.74) is 0.642. The van der Waals surface area contributed by atoms with Crippen molar-refractivity contribution < 1.29 is 12.9 Å². The van der Waals surface area contributed by atoms with Crippen molar-refractivity contribution in [3.8, 4) is 11.3 Å². The predicted molar refractivity (Wildman–Crippen MR) is 86.5 cm³/mol. The van der Waals surface area contributed by atoms with E-state index in [2.05, 4.69) is 9.88 Å².